The third-order valence-corrected chi connectivity index (χ3v) is 3.37. The van der Waals surface area contributed by atoms with Gasteiger partial charge in [-0.15, -0.1) is 0 Å². The molecule has 1 aliphatic heterocycles. The van der Waals surface area contributed by atoms with Crippen molar-refractivity contribution in [1.29, 1.82) is 0 Å². The predicted octanol–water partition coefficient (Wildman–Crippen LogP) is 1.12. The van der Waals surface area contributed by atoms with Gasteiger partial charge in [0.25, 0.3) is 0 Å². The van der Waals surface area contributed by atoms with Crippen molar-refractivity contribution in [1.82, 2.24) is 19.5 Å². The fourth-order valence-corrected chi connectivity index (χ4v) is 2.46. The maximum Gasteiger partial charge on any atom is 0.157 e. The number of likely N-dealkylation sites (N-methyl/N-ethyl adjacent to an activating group) is 1. The molecule has 2 N–H and O–H groups in total. The van der Waals surface area contributed by atoms with E-state index in [2.05, 4.69) is 22.0 Å². The first kappa shape index (κ1) is 10.5. The second-order valence-corrected chi connectivity index (χ2v) is 4.83. The molecule has 90 valence electrons. The van der Waals surface area contributed by atoms with Crippen LogP contribution in [0.4, 0.5) is 5.69 Å². The van der Waals surface area contributed by atoms with Crippen LogP contribution >= 0.6 is 0 Å². The average Bonchev–Trinajstić information content (AvgIpc) is 2.72. The van der Waals surface area contributed by atoms with Crippen molar-refractivity contribution in [2.75, 3.05) is 25.9 Å². The number of nitrogens with two attached hydrogens (primary N) is 1. The zero-order chi connectivity index (χ0) is 11.8. The molecule has 1 aliphatic rings. The first-order chi connectivity index (χ1) is 8.22. The SMILES string of the molecule is CN1CCCC(c2nc3cc(N)ccn3n2)C1. The highest BCUT2D eigenvalue weighted by molar-refractivity contribution is 5.50. The van der Waals surface area contributed by atoms with E-state index in [1.165, 1.54) is 19.4 Å². The molecule has 1 fully saturated rings. The lowest BCUT2D eigenvalue weighted by Crippen LogP contribution is -2.31. The lowest BCUT2D eigenvalue weighted by Gasteiger charge is -2.27. The minimum absolute atomic E-state index is 0.454. The summed E-state index contributed by atoms with van der Waals surface area (Å²) < 4.78 is 1.81. The van der Waals surface area contributed by atoms with Crippen molar-refractivity contribution in [2.24, 2.45) is 0 Å². The lowest BCUT2D eigenvalue weighted by molar-refractivity contribution is 0.246. The van der Waals surface area contributed by atoms with E-state index >= 15 is 0 Å². The molecule has 1 unspecified atom stereocenters. The van der Waals surface area contributed by atoms with Crippen molar-refractivity contribution in [3.8, 4) is 0 Å². The van der Waals surface area contributed by atoms with Gasteiger partial charge in [0.15, 0.2) is 11.5 Å². The Bertz CT molecular complexity index is 533. The Morgan fingerprint density at radius 2 is 2.35 bits per heavy atom. The molecule has 1 atom stereocenters. The van der Waals surface area contributed by atoms with E-state index in [1.54, 1.807) is 4.52 Å². The molecular weight excluding hydrogens is 214 g/mol. The van der Waals surface area contributed by atoms with E-state index in [4.69, 9.17) is 5.73 Å². The van der Waals surface area contributed by atoms with Gasteiger partial charge in [-0.1, -0.05) is 0 Å². The van der Waals surface area contributed by atoms with Crippen molar-refractivity contribution >= 4 is 11.3 Å². The second-order valence-electron chi connectivity index (χ2n) is 4.83. The van der Waals surface area contributed by atoms with Gasteiger partial charge in [-0.05, 0) is 32.5 Å². The Morgan fingerprint density at radius 1 is 1.47 bits per heavy atom. The van der Waals surface area contributed by atoms with E-state index in [9.17, 15) is 0 Å². The Morgan fingerprint density at radius 3 is 3.18 bits per heavy atom. The van der Waals surface area contributed by atoms with E-state index < -0.39 is 0 Å². The normalized spacial score (nSPS) is 22.1. The zero-order valence-corrected chi connectivity index (χ0v) is 10.0. The summed E-state index contributed by atoms with van der Waals surface area (Å²) in [5, 5.41) is 4.54. The van der Waals surface area contributed by atoms with Gasteiger partial charge in [-0.25, -0.2) is 9.50 Å². The summed E-state index contributed by atoms with van der Waals surface area (Å²) in [5.41, 5.74) is 7.32. The fourth-order valence-electron chi connectivity index (χ4n) is 2.46. The van der Waals surface area contributed by atoms with Crippen molar-refractivity contribution in [3.05, 3.63) is 24.2 Å². The largest absolute Gasteiger partial charge is 0.399 e. The third kappa shape index (κ3) is 1.98. The summed E-state index contributed by atoms with van der Waals surface area (Å²) in [7, 11) is 2.15. The third-order valence-electron chi connectivity index (χ3n) is 3.37. The van der Waals surface area contributed by atoms with Gasteiger partial charge < -0.3 is 10.6 Å². The van der Waals surface area contributed by atoms with E-state index in [0.717, 1.165) is 23.7 Å². The molecule has 5 nitrogen and oxygen atoms in total. The predicted molar refractivity (Wildman–Crippen MR) is 66.9 cm³/mol. The van der Waals surface area contributed by atoms with Gasteiger partial charge in [0.05, 0.1) is 0 Å². The standard InChI is InChI=1S/C12H17N5/c1-16-5-2-3-9(8-16)12-14-11-7-10(13)4-6-17(11)15-12/h4,6-7,9H,2-3,5,8,13H2,1H3. The summed E-state index contributed by atoms with van der Waals surface area (Å²) in [4.78, 5) is 6.92. The van der Waals surface area contributed by atoms with Crippen LogP contribution in [0.15, 0.2) is 18.3 Å². The summed E-state index contributed by atoms with van der Waals surface area (Å²) >= 11 is 0. The van der Waals surface area contributed by atoms with Crippen molar-refractivity contribution in [2.45, 2.75) is 18.8 Å². The molecule has 17 heavy (non-hydrogen) atoms. The molecule has 5 heteroatoms. The molecule has 0 spiro atoms. The number of fused-ring (bicyclic) bond motifs is 1. The maximum absolute atomic E-state index is 5.74. The van der Waals surface area contributed by atoms with Crippen LogP contribution < -0.4 is 5.73 Å². The van der Waals surface area contributed by atoms with E-state index in [0.29, 0.717) is 5.92 Å². The monoisotopic (exact) mass is 231 g/mol. The first-order valence-corrected chi connectivity index (χ1v) is 6.03. The summed E-state index contributed by atoms with van der Waals surface area (Å²) in [6.07, 6.45) is 4.27. The van der Waals surface area contributed by atoms with Crippen molar-refractivity contribution < 1.29 is 0 Å². The highest BCUT2D eigenvalue weighted by Gasteiger charge is 2.22. The fraction of sp³-hybridized carbons (Fsp3) is 0.500. The number of anilines is 1. The number of piperidine rings is 1. The Balaban J connectivity index is 1.94. The van der Waals surface area contributed by atoms with Crippen LogP contribution in [0.5, 0.6) is 0 Å². The van der Waals surface area contributed by atoms with Gasteiger partial charge in [0.1, 0.15) is 0 Å². The first-order valence-electron chi connectivity index (χ1n) is 6.03. The van der Waals surface area contributed by atoms with Gasteiger partial charge in [0.2, 0.25) is 0 Å². The summed E-state index contributed by atoms with van der Waals surface area (Å²) in [6.45, 7) is 2.23. The molecule has 0 aliphatic carbocycles. The minimum Gasteiger partial charge on any atom is -0.399 e. The number of nitrogen functional groups attached to an aromatic ring is 1. The molecule has 3 rings (SSSR count). The molecule has 0 saturated carbocycles. The van der Waals surface area contributed by atoms with E-state index in [-0.39, 0.29) is 0 Å². The van der Waals surface area contributed by atoms with Crippen molar-refractivity contribution in [3.63, 3.8) is 0 Å². The maximum atomic E-state index is 5.74. The van der Waals surface area contributed by atoms with Crippen LogP contribution in [-0.4, -0.2) is 39.6 Å². The minimum atomic E-state index is 0.454. The number of rotatable bonds is 1. The molecule has 0 aromatic carbocycles. The number of hydrogen-bond acceptors (Lipinski definition) is 4. The molecular formula is C12H17N5. The average molecular weight is 231 g/mol. The second kappa shape index (κ2) is 4.00. The smallest absolute Gasteiger partial charge is 0.157 e. The Hall–Kier alpha value is -1.62. The number of pyridine rings is 1. The Kier molecular flexibility index (Phi) is 2.48. The highest BCUT2D eigenvalue weighted by atomic mass is 15.3. The molecule has 2 aromatic rings. The van der Waals surface area contributed by atoms with Gasteiger partial charge in [-0.3, -0.25) is 0 Å². The van der Waals surface area contributed by atoms with Gasteiger partial charge in [-0.2, -0.15) is 5.10 Å². The topological polar surface area (TPSA) is 59.5 Å². The Labute approximate surface area is 100 Å². The molecule has 2 aromatic heterocycles. The van der Waals surface area contributed by atoms with Crippen LogP contribution in [0.3, 0.4) is 0 Å². The quantitative estimate of drug-likeness (QED) is 0.799. The van der Waals surface area contributed by atoms with Crippen LogP contribution in [0.1, 0.15) is 24.6 Å². The number of nitrogens with zero attached hydrogens (tertiary/aromatic N) is 4. The summed E-state index contributed by atoms with van der Waals surface area (Å²) in [6, 6.07) is 3.71. The molecule has 0 amide bonds. The number of aromatic nitrogens is 3. The summed E-state index contributed by atoms with van der Waals surface area (Å²) in [5.74, 6) is 1.40. The van der Waals surface area contributed by atoms with Crippen LogP contribution in [0.2, 0.25) is 0 Å². The molecule has 3 heterocycles. The molecule has 1 saturated heterocycles. The highest BCUT2D eigenvalue weighted by Crippen LogP contribution is 2.24. The van der Waals surface area contributed by atoms with E-state index in [1.807, 2.05) is 18.3 Å². The van der Waals surface area contributed by atoms with Gasteiger partial charge in [0, 0.05) is 30.4 Å². The lowest BCUT2D eigenvalue weighted by atomic mass is 9.98. The molecule has 0 radical (unpaired) electrons. The van der Waals surface area contributed by atoms with Crippen LogP contribution in [0, 0.1) is 0 Å². The number of likely N-dealkylation sites (tertiary alicyclic amines) is 1. The number of hydrogen-bond donors (Lipinski definition) is 1. The van der Waals surface area contributed by atoms with Crippen LogP contribution in [-0.2, 0) is 0 Å². The zero-order valence-electron chi connectivity index (χ0n) is 10.0. The van der Waals surface area contributed by atoms with Gasteiger partial charge >= 0.3 is 0 Å². The molecule has 0 bridgehead atoms. The van der Waals surface area contributed by atoms with Crippen LogP contribution in [0.25, 0.3) is 5.65 Å².